The van der Waals surface area contributed by atoms with Gasteiger partial charge in [0.05, 0.1) is 0 Å². The SMILES string of the molecule is Cc1cc([Si](C)(C)C)c(C)n1Cc1ccc(F)[c]([Ti])c1F. The van der Waals surface area contributed by atoms with E-state index in [1.165, 1.54) is 37.4 Å². The molecule has 1 heterocycles. The molecule has 111 valence electrons. The zero-order valence-electron chi connectivity index (χ0n) is 13.1. The fraction of sp³-hybridized carbons (Fsp3) is 0.375. The Morgan fingerprint density at radius 3 is 2.29 bits per heavy atom. The molecule has 0 saturated carbocycles. The zero-order valence-corrected chi connectivity index (χ0v) is 15.7. The molecule has 0 bridgehead atoms. The molecule has 0 unspecified atom stereocenters. The molecule has 1 aromatic heterocycles. The van der Waals surface area contributed by atoms with Gasteiger partial charge < -0.3 is 0 Å². The summed E-state index contributed by atoms with van der Waals surface area (Å²) in [6, 6.07) is 5.11. The molecule has 0 amide bonds. The van der Waals surface area contributed by atoms with E-state index in [1.54, 1.807) is 6.07 Å². The average molecular weight is 340 g/mol. The fourth-order valence-corrected chi connectivity index (χ4v) is 4.93. The Kier molecular flexibility index (Phi) is 4.62. The van der Waals surface area contributed by atoms with Gasteiger partial charge in [-0.3, -0.25) is 0 Å². The van der Waals surface area contributed by atoms with E-state index in [1.807, 2.05) is 6.92 Å². The van der Waals surface area contributed by atoms with E-state index in [2.05, 4.69) is 37.2 Å². The van der Waals surface area contributed by atoms with E-state index in [-0.39, 0.29) is 3.87 Å². The van der Waals surface area contributed by atoms with Gasteiger partial charge in [0.2, 0.25) is 0 Å². The van der Waals surface area contributed by atoms with Crippen molar-refractivity contribution in [2.45, 2.75) is 40.0 Å². The summed E-state index contributed by atoms with van der Waals surface area (Å²) in [4.78, 5) is 0. The van der Waals surface area contributed by atoms with Gasteiger partial charge in [-0.05, 0) is 0 Å². The number of aryl methyl sites for hydroxylation is 1. The summed E-state index contributed by atoms with van der Waals surface area (Å²) in [5.74, 6) is -0.919. The van der Waals surface area contributed by atoms with Crippen LogP contribution in [0.4, 0.5) is 8.78 Å². The van der Waals surface area contributed by atoms with Crippen LogP contribution in [0.15, 0.2) is 18.2 Å². The molecule has 0 radical (unpaired) electrons. The number of hydrogen-bond acceptors (Lipinski definition) is 0. The van der Waals surface area contributed by atoms with Crippen LogP contribution in [-0.4, -0.2) is 12.6 Å². The summed E-state index contributed by atoms with van der Waals surface area (Å²) in [5, 5.41) is 1.40. The normalized spacial score (nSPS) is 11.9. The summed E-state index contributed by atoms with van der Waals surface area (Å²) in [6.07, 6.45) is 0. The Morgan fingerprint density at radius 2 is 1.76 bits per heavy atom. The first-order valence-corrected chi connectivity index (χ1v) is 11.3. The van der Waals surface area contributed by atoms with E-state index in [0.717, 1.165) is 5.69 Å². The van der Waals surface area contributed by atoms with Gasteiger partial charge in [0, 0.05) is 0 Å². The summed E-state index contributed by atoms with van der Waals surface area (Å²) in [6.45, 7) is 11.5. The summed E-state index contributed by atoms with van der Waals surface area (Å²) in [7, 11) is -1.41. The topological polar surface area (TPSA) is 4.93 Å². The second-order valence-corrected chi connectivity index (χ2v) is 12.3. The molecule has 1 aromatic carbocycles. The van der Waals surface area contributed by atoms with Gasteiger partial charge in [0.25, 0.3) is 0 Å². The van der Waals surface area contributed by atoms with Gasteiger partial charge in [-0.1, -0.05) is 0 Å². The van der Waals surface area contributed by atoms with Crippen LogP contribution in [0, 0.1) is 25.5 Å². The predicted octanol–water partition coefficient (Wildman–Crippen LogP) is 3.15. The second-order valence-electron chi connectivity index (χ2n) is 6.52. The molecule has 2 rings (SSSR count). The van der Waals surface area contributed by atoms with Crippen molar-refractivity contribution in [2.75, 3.05) is 0 Å². The number of nitrogens with zero attached hydrogens (tertiary/aromatic N) is 1. The van der Waals surface area contributed by atoms with E-state index in [0.29, 0.717) is 12.1 Å². The quantitative estimate of drug-likeness (QED) is 0.757. The van der Waals surface area contributed by atoms with Crippen LogP contribution in [0.25, 0.3) is 0 Å². The van der Waals surface area contributed by atoms with Crippen molar-refractivity contribution < 1.29 is 29.2 Å². The van der Waals surface area contributed by atoms with Crippen molar-refractivity contribution in [1.29, 1.82) is 0 Å². The van der Waals surface area contributed by atoms with Crippen molar-refractivity contribution in [3.05, 3.63) is 46.8 Å². The molecule has 1 nitrogen and oxygen atoms in total. The summed E-state index contributed by atoms with van der Waals surface area (Å²) < 4.78 is 29.8. The van der Waals surface area contributed by atoms with Crippen molar-refractivity contribution >= 4 is 17.1 Å². The number of hydrogen-bond donors (Lipinski definition) is 0. The van der Waals surface area contributed by atoms with Crippen molar-refractivity contribution in [1.82, 2.24) is 4.57 Å². The van der Waals surface area contributed by atoms with Gasteiger partial charge in [-0.15, -0.1) is 0 Å². The Hall–Kier alpha value is -0.709. The molecule has 0 aliphatic rings. The van der Waals surface area contributed by atoms with Gasteiger partial charge in [-0.25, -0.2) is 0 Å². The molecule has 0 fully saturated rings. The first kappa shape index (κ1) is 16.7. The zero-order chi connectivity index (χ0) is 15.9. The number of halogens is 2. The molecule has 21 heavy (non-hydrogen) atoms. The summed E-state index contributed by atoms with van der Waals surface area (Å²) >= 11 is 1.48. The van der Waals surface area contributed by atoms with Gasteiger partial charge >= 0.3 is 138 Å². The molecule has 0 N–H and O–H groups in total. The second kappa shape index (κ2) is 5.82. The van der Waals surface area contributed by atoms with Crippen LogP contribution in [-0.2, 0) is 27.0 Å². The molecule has 0 saturated heterocycles. The molecule has 0 aliphatic heterocycles. The average Bonchev–Trinajstić information content (AvgIpc) is 2.67. The number of aromatic nitrogens is 1. The van der Waals surface area contributed by atoms with Crippen molar-refractivity contribution in [2.24, 2.45) is 0 Å². The maximum atomic E-state index is 14.2. The van der Waals surface area contributed by atoms with E-state index >= 15 is 0 Å². The minimum absolute atomic E-state index is 0.0976. The molecule has 2 aromatic rings. The maximum absolute atomic E-state index is 14.2. The molecule has 0 atom stereocenters. The Morgan fingerprint density at radius 1 is 1.14 bits per heavy atom. The fourth-order valence-electron chi connectivity index (χ4n) is 2.69. The molecule has 0 spiro atoms. The summed E-state index contributed by atoms with van der Waals surface area (Å²) in [5.41, 5.74) is 2.87. The molecule has 5 heteroatoms. The van der Waals surface area contributed by atoms with Gasteiger partial charge in [0.1, 0.15) is 0 Å². The monoisotopic (exact) mass is 340 g/mol. The van der Waals surface area contributed by atoms with Crippen LogP contribution in [0.2, 0.25) is 19.6 Å². The van der Waals surface area contributed by atoms with Crippen LogP contribution < -0.4 is 9.05 Å². The van der Waals surface area contributed by atoms with Gasteiger partial charge in [-0.2, -0.15) is 0 Å². The van der Waals surface area contributed by atoms with Crippen LogP contribution in [0.3, 0.4) is 0 Å². The molecule has 0 aliphatic carbocycles. The van der Waals surface area contributed by atoms with Gasteiger partial charge in [0.15, 0.2) is 0 Å². The van der Waals surface area contributed by atoms with Crippen molar-refractivity contribution in [3.8, 4) is 0 Å². The van der Waals surface area contributed by atoms with Crippen LogP contribution >= 0.6 is 0 Å². The Bertz CT molecular complexity index is 687. The van der Waals surface area contributed by atoms with Crippen LogP contribution in [0.5, 0.6) is 0 Å². The number of benzene rings is 1. The standard InChI is InChI=1S/C16H20F2NSi.Ti/c1-11-8-16(20(3,4)5)12(2)19(11)10-13-6-7-14(17)9-15(13)18;/h6-8H,10H2,1-5H3;. The van der Waals surface area contributed by atoms with E-state index in [9.17, 15) is 8.78 Å². The molecular weight excluding hydrogens is 320 g/mol. The first-order valence-electron chi connectivity index (χ1n) is 6.98. The third kappa shape index (κ3) is 3.22. The Balaban J connectivity index is 2.46. The van der Waals surface area contributed by atoms with E-state index in [4.69, 9.17) is 0 Å². The predicted molar refractivity (Wildman–Crippen MR) is 82.0 cm³/mol. The number of rotatable bonds is 3. The third-order valence-corrected chi connectivity index (χ3v) is 6.72. The van der Waals surface area contributed by atoms with E-state index < -0.39 is 19.7 Å². The third-order valence-electron chi connectivity index (χ3n) is 3.88. The van der Waals surface area contributed by atoms with Crippen LogP contribution in [0.1, 0.15) is 17.0 Å². The minimum atomic E-state index is -1.41. The first-order chi connectivity index (χ1) is 9.62. The Labute approximate surface area is 137 Å². The van der Waals surface area contributed by atoms with Crippen molar-refractivity contribution in [3.63, 3.8) is 0 Å². The molecular formula is C16H20F2NSiTi.